The van der Waals surface area contributed by atoms with Crippen LogP contribution in [0.1, 0.15) is 11.5 Å². The van der Waals surface area contributed by atoms with E-state index in [1.54, 1.807) is 73.8 Å². The van der Waals surface area contributed by atoms with E-state index in [4.69, 9.17) is 36.8 Å². The fourth-order valence-corrected chi connectivity index (χ4v) is 3.75. The molecule has 1 amide bonds. The van der Waals surface area contributed by atoms with Crippen LogP contribution in [0.25, 0.3) is 28.7 Å². The number of halogens is 2. The zero-order valence-electron chi connectivity index (χ0n) is 17.5. The van der Waals surface area contributed by atoms with Gasteiger partial charge in [0.15, 0.2) is 0 Å². The highest BCUT2D eigenvalue weighted by atomic mass is 35.5. The van der Waals surface area contributed by atoms with Crippen LogP contribution in [-0.4, -0.2) is 18.1 Å². The lowest BCUT2D eigenvalue weighted by molar-refractivity contribution is -0.111. The molecule has 2 heterocycles. The first-order chi connectivity index (χ1) is 15.9. The first kappa shape index (κ1) is 22.7. The number of ether oxygens (including phenoxy) is 1. The molecule has 0 saturated carbocycles. The molecule has 0 aliphatic heterocycles. The number of nitrogens with one attached hydrogen (secondary N) is 1. The van der Waals surface area contributed by atoms with Gasteiger partial charge in [-0.25, -0.2) is 0 Å². The summed E-state index contributed by atoms with van der Waals surface area (Å²) in [5, 5.41) is 13.0. The number of benzene rings is 2. The lowest BCUT2D eigenvalue weighted by Gasteiger charge is -2.09. The summed E-state index contributed by atoms with van der Waals surface area (Å²) in [7, 11) is 1.55. The van der Waals surface area contributed by atoms with Crippen molar-refractivity contribution in [3.63, 3.8) is 0 Å². The molecule has 0 unspecified atom stereocenters. The Hall–Kier alpha value is -3.45. The zero-order valence-corrected chi connectivity index (χ0v) is 19.0. The Kier molecular flexibility index (Phi) is 6.89. The summed E-state index contributed by atoms with van der Waals surface area (Å²) in [6, 6.07) is 17.2. The van der Waals surface area contributed by atoms with Gasteiger partial charge in [-0.05, 0) is 66.7 Å². The number of furan rings is 2. The Morgan fingerprint density at radius 2 is 1.76 bits per heavy atom. The number of hydrogen-bond acceptors (Lipinski definition) is 5. The highest BCUT2D eigenvalue weighted by Crippen LogP contribution is 2.34. The molecule has 8 heteroatoms. The van der Waals surface area contributed by atoms with Crippen LogP contribution in [0.3, 0.4) is 0 Å². The van der Waals surface area contributed by atoms with E-state index in [2.05, 4.69) is 5.32 Å². The summed E-state index contributed by atoms with van der Waals surface area (Å²) in [5.74, 6) is 2.27. The average Bonchev–Trinajstić information content (AvgIpc) is 3.47. The summed E-state index contributed by atoms with van der Waals surface area (Å²) in [6.45, 7) is -0.206. The van der Waals surface area contributed by atoms with Gasteiger partial charge in [0.05, 0.1) is 12.7 Å². The molecule has 0 radical (unpaired) electrons. The van der Waals surface area contributed by atoms with Gasteiger partial charge in [-0.15, -0.1) is 0 Å². The fraction of sp³-hybridized carbons (Fsp3) is 0.0800. The molecule has 0 fully saturated rings. The van der Waals surface area contributed by atoms with Crippen molar-refractivity contribution in [3.8, 4) is 28.4 Å². The molecule has 33 heavy (non-hydrogen) atoms. The third-order valence-corrected chi connectivity index (χ3v) is 5.16. The van der Waals surface area contributed by atoms with E-state index in [9.17, 15) is 9.90 Å². The van der Waals surface area contributed by atoms with Crippen LogP contribution in [0.5, 0.6) is 5.75 Å². The summed E-state index contributed by atoms with van der Waals surface area (Å²) >= 11 is 12.1. The van der Waals surface area contributed by atoms with Crippen LogP contribution in [-0.2, 0) is 11.4 Å². The molecule has 2 aromatic carbocycles. The van der Waals surface area contributed by atoms with Gasteiger partial charge in [-0.3, -0.25) is 4.79 Å². The largest absolute Gasteiger partial charge is 0.496 e. The summed E-state index contributed by atoms with van der Waals surface area (Å²) < 4.78 is 16.7. The lowest BCUT2D eigenvalue weighted by Crippen LogP contribution is -2.07. The maximum Gasteiger partial charge on any atom is 0.248 e. The Bertz CT molecular complexity index is 1300. The second kappa shape index (κ2) is 10.0. The Morgan fingerprint density at radius 1 is 1.00 bits per heavy atom. The van der Waals surface area contributed by atoms with Gasteiger partial charge in [0.1, 0.15) is 35.4 Å². The van der Waals surface area contributed by atoms with Crippen LogP contribution < -0.4 is 10.1 Å². The maximum atomic E-state index is 12.4. The smallest absolute Gasteiger partial charge is 0.248 e. The molecule has 168 valence electrons. The molecule has 0 aliphatic carbocycles. The van der Waals surface area contributed by atoms with Gasteiger partial charge in [-0.1, -0.05) is 23.2 Å². The highest BCUT2D eigenvalue weighted by molar-refractivity contribution is 6.35. The van der Waals surface area contributed by atoms with E-state index in [0.717, 1.165) is 5.56 Å². The first-order valence-corrected chi connectivity index (χ1v) is 10.6. The van der Waals surface area contributed by atoms with E-state index in [1.807, 2.05) is 0 Å². The summed E-state index contributed by atoms with van der Waals surface area (Å²) in [5.41, 5.74) is 1.94. The minimum Gasteiger partial charge on any atom is -0.496 e. The fourth-order valence-electron chi connectivity index (χ4n) is 3.22. The van der Waals surface area contributed by atoms with Crippen LogP contribution in [0.4, 0.5) is 5.69 Å². The van der Waals surface area contributed by atoms with Crippen molar-refractivity contribution in [1.82, 2.24) is 0 Å². The van der Waals surface area contributed by atoms with E-state index in [0.29, 0.717) is 50.1 Å². The van der Waals surface area contributed by atoms with Gasteiger partial charge < -0.3 is 24.0 Å². The van der Waals surface area contributed by atoms with Crippen LogP contribution in [0.15, 0.2) is 75.6 Å². The third kappa shape index (κ3) is 5.49. The second-order valence-electron chi connectivity index (χ2n) is 7.02. The number of hydrogen-bond donors (Lipinski definition) is 2. The third-order valence-electron chi connectivity index (χ3n) is 4.72. The summed E-state index contributed by atoms with van der Waals surface area (Å²) in [4.78, 5) is 12.4. The Labute approximate surface area is 200 Å². The normalized spacial score (nSPS) is 11.2. The van der Waals surface area contributed by atoms with Crippen molar-refractivity contribution < 1.29 is 23.5 Å². The van der Waals surface area contributed by atoms with Gasteiger partial charge >= 0.3 is 0 Å². The van der Waals surface area contributed by atoms with Gasteiger partial charge in [0.25, 0.3) is 0 Å². The molecular formula is C25H19Cl2NO5. The minimum atomic E-state index is -0.342. The van der Waals surface area contributed by atoms with Crippen molar-refractivity contribution in [2.45, 2.75) is 6.61 Å². The molecule has 2 aromatic heterocycles. The van der Waals surface area contributed by atoms with Gasteiger partial charge in [-0.2, -0.15) is 0 Å². The van der Waals surface area contributed by atoms with E-state index >= 15 is 0 Å². The summed E-state index contributed by atoms with van der Waals surface area (Å²) in [6.07, 6.45) is 2.93. The van der Waals surface area contributed by atoms with Crippen molar-refractivity contribution in [3.05, 3.63) is 88.3 Å². The Balaban J connectivity index is 1.48. The first-order valence-electron chi connectivity index (χ1n) is 9.88. The maximum absolute atomic E-state index is 12.4. The van der Waals surface area contributed by atoms with Crippen LogP contribution in [0.2, 0.25) is 10.0 Å². The van der Waals surface area contributed by atoms with Crippen molar-refractivity contribution in [1.29, 1.82) is 0 Å². The topological polar surface area (TPSA) is 84.8 Å². The molecule has 0 atom stereocenters. The monoisotopic (exact) mass is 483 g/mol. The second-order valence-corrected chi connectivity index (χ2v) is 7.89. The average molecular weight is 484 g/mol. The van der Waals surface area contributed by atoms with Crippen LogP contribution in [0, 0.1) is 0 Å². The number of carbonyl (C=O) groups excluding carboxylic acids is 1. The van der Waals surface area contributed by atoms with Crippen molar-refractivity contribution in [2.75, 3.05) is 12.4 Å². The molecule has 4 rings (SSSR count). The molecule has 0 aliphatic rings. The zero-order chi connectivity index (χ0) is 23.4. The standard InChI is InChI=1S/C25H19Cl2NO5/c1-31-23-6-2-18(13-21(23)24-8-4-20(14-29)33-24)28-25(30)9-5-19-3-7-22(32-19)15-10-16(26)12-17(27)11-15/h2-13,29H,14H2,1H3,(H,28,30)/b9-5+. The molecule has 0 bridgehead atoms. The van der Waals surface area contributed by atoms with E-state index < -0.39 is 0 Å². The van der Waals surface area contributed by atoms with Crippen molar-refractivity contribution >= 4 is 40.9 Å². The van der Waals surface area contributed by atoms with Crippen LogP contribution >= 0.6 is 23.2 Å². The lowest BCUT2D eigenvalue weighted by atomic mass is 10.1. The van der Waals surface area contributed by atoms with E-state index in [1.165, 1.54) is 6.08 Å². The molecular weight excluding hydrogens is 465 g/mol. The number of methoxy groups -OCH3 is 1. The highest BCUT2D eigenvalue weighted by Gasteiger charge is 2.12. The van der Waals surface area contributed by atoms with E-state index in [-0.39, 0.29) is 12.5 Å². The number of rotatable bonds is 7. The van der Waals surface area contributed by atoms with Gasteiger partial charge in [0, 0.05) is 27.4 Å². The molecule has 4 aromatic rings. The molecule has 0 spiro atoms. The van der Waals surface area contributed by atoms with Crippen molar-refractivity contribution in [2.24, 2.45) is 0 Å². The predicted octanol–water partition coefficient (Wildman–Crippen LogP) is 6.67. The quantitative estimate of drug-likeness (QED) is 0.287. The molecule has 2 N–H and O–H groups in total. The van der Waals surface area contributed by atoms with Gasteiger partial charge in [0.2, 0.25) is 5.91 Å². The number of aliphatic hydroxyl groups is 1. The predicted molar refractivity (Wildman–Crippen MR) is 128 cm³/mol. The molecule has 0 saturated heterocycles. The minimum absolute atomic E-state index is 0.206. The number of amides is 1. The number of aliphatic hydroxyl groups excluding tert-OH is 1. The number of anilines is 1. The SMILES string of the molecule is COc1ccc(NC(=O)/C=C/c2ccc(-c3cc(Cl)cc(Cl)c3)o2)cc1-c1ccc(CO)o1. The Morgan fingerprint density at radius 3 is 2.45 bits per heavy atom. The molecule has 6 nitrogen and oxygen atoms in total. The number of carbonyl (C=O) groups is 1.